The van der Waals surface area contributed by atoms with Crippen LogP contribution < -0.4 is 0 Å². The fourth-order valence-electron chi connectivity index (χ4n) is 1.29. The number of aryl methyl sites for hydroxylation is 1. The molecule has 0 aliphatic rings. The van der Waals surface area contributed by atoms with Crippen LogP contribution in [0.25, 0.3) is 0 Å². The van der Waals surface area contributed by atoms with Gasteiger partial charge in [-0.1, -0.05) is 15.9 Å². The fraction of sp³-hybridized carbons (Fsp3) is 0.500. The monoisotopic (exact) mass is 259 g/mol. The largest absolute Gasteiger partial charge is 0.390 e. The first kappa shape index (κ1) is 11.6. The maximum atomic E-state index is 9.80. The van der Waals surface area contributed by atoms with E-state index in [1.165, 1.54) is 0 Å². The van der Waals surface area contributed by atoms with E-state index in [4.69, 9.17) is 0 Å². The molecule has 2 unspecified atom stereocenters. The van der Waals surface area contributed by atoms with Gasteiger partial charge in [-0.15, -0.1) is 0 Å². The molecule has 2 atom stereocenters. The van der Waals surface area contributed by atoms with Crippen LogP contribution >= 0.6 is 15.9 Å². The van der Waals surface area contributed by atoms with Crippen LogP contribution in [0.15, 0.2) is 18.5 Å². The lowest BCUT2D eigenvalue weighted by Crippen LogP contribution is -2.19. The maximum absolute atomic E-state index is 9.80. The summed E-state index contributed by atoms with van der Waals surface area (Å²) in [6, 6.07) is 1.73. The van der Waals surface area contributed by atoms with Crippen LogP contribution in [0.4, 0.5) is 0 Å². The lowest BCUT2D eigenvalue weighted by atomic mass is 10.0. The highest BCUT2D eigenvalue weighted by atomic mass is 79.9. The number of hydrogen-bond acceptors (Lipinski definition) is 3. The van der Waals surface area contributed by atoms with E-state index in [-0.39, 0.29) is 0 Å². The third-order valence-electron chi connectivity index (χ3n) is 2.15. The molecule has 1 rings (SSSR count). The molecule has 1 aromatic heterocycles. The highest BCUT2D eigenvalue weighted by molar-refractivity contribution is 9.09. The van der Waals surface area contributed by atoms with E-state index >= 15 is 0 Å². The number of aliphatic hydroxyl groups excluding tert-OH is 2. The molecule has 2 N–H and O–H groups in total. The van der Waals surface area contributed by atoms with Crippen molar-refractivity contribution in [1.29, 1.82) is 0 Å². The molecule has 0 saturated heterocycles. The van der Waals surface area contributed by atoms with E-state index in [1.54, 1.807) is 18.5 Å². The van der Waals surface area contributed by atoms with Gasteiger partial charge in [0.25, 0.3) is 0 Å². The van der Waals surface area contributed by atoms with Crippen LogP contribution in [0.3, 0.4) is 0 Å². The van der Waals surface area contributed by atoms with Gasteiger partial charge < -0.3 is 10.2 Å². The number of rotatable bonds is 4. The Labute approximate surface area is 91.9 Å². The molecule has 1 heterocycles. The Morgan fingerprint density at radius 3 is 2.79 bits per heavy atom. The van der Waals surface area contributed by atoms with Gasteiger partial charge in [0, 0.05) is 17.7 Å². The van der Waals surface area contributed by atoms with Gasteiger partial charge in [-0.2, -0.15) is 0 Å². The summed E-state index contributed by atoms with van der Waals surface area (Å²) in [7, 11) is 0. The summed E-state index contributed by atoms with van der Waals surface area (Å²) < 4.78 is 0. The number of hydrogen-bond donors (Lipinski definition) is 2. The average molecular weight is 260 g/mol. The molecule has 0 aliphatic carbocycles. The van der Waals surface area contributed by atoms with Gasteiger partial charge in [0.2, 0.25) is 0 Å². The van der Waals surface area contributed by atoms with Crippen LogP contribution in [0.1, 0.15) is 23.7 Å². The Morgan fingerprint density at radius 2 is 2.21 bits per heavy atom. The second kappa shape index (κ2) is 5.44. The standard InChI is InChI=1S/C10H14BrNO2/c1-7-6-12-5-3-8(7)10(14)9(13)2-4-11/h3,5-6,9-10,13-14H,2,4H2,1H3. The second-order valence-corrected chi connectivity index (χ2v) is 4.02. The van der Waals surface area contributed by atoms with Crippen LogP contribution in [-0.2, 0) is 0 Å². The van der Waals surface area contributed by atoms with Crippen molar-refractivity contribution in [3.05, 3.63) is 29.6 Å². The minimum absolute atomic E-state index is 0.531. The van der Waals surface area contributed by atoms with Gasteiger partial charge in [-0.25, -0.2) is 0 Å². The fourth-order valence-corrected chi connectivity index (χ4v) is 1.76. The Morgan fingerprint density at radius 1 is 1.50 bits per heavy atom. The summed E-state index contributed by atoms with van der Waals surface area (Å²) in [6.45, 7) is 1.87. The molecule has 78 valence electrons. The van der Waals surface area contributed by atoms with E-state index in [2.05, 4.69) is 20.9 Å². The third-order valence-corrected chi connectivity index (χ3v) is 2.61. The SMILES string of the molecule is Cc1cnccc1C(O)C(O)CCBr. The average Bonchev–Trinajstić information content (AvgIpc) is 2.18. The van der Waals surface area contributed by atoms with Gasteiger partial charge in [0.05, 0.1) is 6.10 Å². The normalized spacial score (nSPS) is 15.1. The molecule has 0 aliphatic heterocycles. The third kappa shape index (κ3) is 2.77. The van der Waals surface area contributed by atoms with Crippen molar-refractivity contribution in [3.63, 3.8) is 0 Å². The molecule has 4 heteroatoms. The molecule has 0 bridgehead atoms. The van der Waals surface area contributed by atoms with Crippen LogP contribution in [0.2, 0.25) is 0 Å². The van der Waals surface area contributed by atoms with E-state index in [0.29, 0.717) is 11.8 Å². The molecule has 0 amide bonds. The minimum atomic E-state index is -0.824. The van der Waals surface area contributed by atoms with E-state index in [1.807, 2.05) is 6.92 Å². The maximum Gasteiger partial charge on any atom is 0.105 e. The molecular formula is C10H14BrNO2. The summed E-state index contributed by atoms with van der Waals surface area (Å²) in [5, 5.41) is 20.1. The number of nitrogens with zero attached hydrogens (tertiary/aromatic N) is 1. The number of alkyl halides is 1. The number of halogens is 1. The first-order valence-electron chi connectivity index (χ1n) is 4.49. The van der Waals surface area contributed by atoms with Crippen molar-refractivity contribution >= 4 is 15.9 Å². The molecule has 0 spiro atoms. The molecule has 0 radical (unpaired) electrons. The summed E-state index contributed by atoms with van der Waals surface area (Å²) in [5.41, 5.74) is 1.64. The Bertz CT molecular complexity index is 293. The lowest BCUT2D eigenvalue weighted by Gasteiger charge is -2.18. The molecule has 14 heavy (non-hydrogen) atoms. The van der Waals surface area contributed by atoms with Gasteiger partial charge in [0.15, 0.2) is 0 Å². The number of aliphatic hydroxyl groups is 2. The molecular weight excluding hydrogens is 246 g/mol. The van der Waals surface area contributed by atoms with E-state index in [0.717, 1.165) is 11.1 Å². The quantitative estimate of drug-likeness (QED) is 0.808. The molecule has 0 fully saturated rings. The summed E-state index contributed by atoms with van der Waals surface area (Å²) >= 11 is 3.23. The van der Waals surface area contributed by atoms with Gasteiger partial charge in [-0.05, 0) is 30.5 Å². The molecule has 1 aromatic rings. The highest BCUT2D eigenvalue weighted by Gasteiger charge is 2.18. The number of pyridine rings is 1. The van der Waals surface area contributed by atoms with Crippen molar-refractivity contribution < 1.29 is 10.2 Å². The molecule has 0 aromatic carbocycles. The lowest BCUT2D eigenvalue weighted by molar-refractivity contribution is 0.0169. The summed E-state index contributed by atoms with van der Waals surface area (Å²) in [4.78, 5) is 3.93. The van der Waals surface area contributed by atoms with Crippen molar-refractivity contribution in [2.45, 2.75) is 25.6 Å². The van der Waals surface area contributed by atoms with Crippen molar-refractivity contribution in [2.24, 2.45) is 0 Å². The Balaban J connectivity index is 2.78. The Kier molecular flexibility index (Phi) is 4.51. The van der Waals surface area contributed by atoms with Crippen molar-refractivity contribution in [3.8, 4) is 0 Å². The second-order valence-electron chi connectivity index (χ2n) is 3.22. The topological polar surface area (TPSA) is 53.4 Å². The van der Waals surface area contributed by atoms with Gasteiger partial charge in [0.1, 0.15) is 6.10 Å². The zero-order chi connectivity index (χ0) is 10.6. The number of aromatic nitrogens is 1. The zero-order valence-corrected chi connectivity index (χ0v) is 9.61. The molecule has 0 saturated carbocycles. The van der Waals surface area contributed by atoms with Crippen molar-refractivity contribution in [2.75, 3.05) is 5.33 Å². The predicted octanol–water partition coefficient (Wildman–Crippen LogP) is 1.57. The van der Waals surface area contributed by atoms with E-state index in [9.17, 15) is 10.2 Å². The first-order chi connectivity index (χ1) is 6.66. The van der Waals surface area contributed by atoms with Crippen LogP contribution in [0.5, 0.6) is 0 Å². The smallest absolute Gasteiger partial charge is 0.105 e. The zero-order valence-electron chi connectivity index (χ0n) is 8.02. The minimum Gasteiger partial charge on any atom is -0.390 e. The summed E-state index contributed by atoms with van der Waals surface area (Å²) in [5.74, 6) is 0. The predicted molar refractivity (Wildman–Crippen MR) is 58.4 cm³/mol. The first-order valence-corrected chi connectivity index (χ1v) is 5.61. The van der Waals surface area contributed by atoms with Gasteiger partial charge >= 0.3 is 0 Å². The van der Waals surface area contributed by atoms with Crippen LogP contribution in [0, 0.1) is 6.92 Å². The van der Waals surface area contributed by atoms with Crippen LogP contribution in [-0.4, -0.2) is 26.6 Å². The Hall–Kier alpha value is -0.450. The summed E-state index contributed by atoms with van der Waals surface area (Å²) in [6.07, 6.45) is 2.28. The van der Waals surface area contributed by atoms with Gasteiger partial charge in [-0.3, -0.25) is 4.98 Å². The van der Waals surface area contributed by atoms with E-state index < -0.39 is 12.2 Å². The molecule has 3 nitrogen and oxygen atoms in total. The highest BCUT2D eigenvalue weighted by Crippen LogP contribution is 2.21. The van der Waals surface area contributed by atoms with Crippen molar-refractivity contribution in [1.82, 2.24) is 4.98 Å².